The summed E-state index contributed by atoms with van der Waals surface area (Å²) < 4.78 is 3.26. The van der Waals surface area contributed by atoms with Gasteiger partial charge in [0.25, 0.3) is 0 Å². The van der Waals surface area contributed by atoms with E-state index >= 15 is 0 Å². The highest BCUT2D eigenvalue weighted by atomic mass is 79.9. The van der Waals surface area contributed by atoms with Crippen LogP contribution < -0.4 is 5.32 Å². The third-order valence-electron chi connectivity index (χ3n) is 4.14. The third-order valence-corrected chi connectivity index (χ3v) is 5.17. The molecule has 0 saturated carbocycles. The molecule has 1 aromatic rings. The van der Waals surface area contributed by atoms with E-state index in [0.29, 0.717) is 6.04 Å². The highest BCUT2D eigenvalue weighted by molar-refractivity contribution is 9.10. The maximum absolute atomic E-state index is 4.55. The normalized spacial score (nSPS) is 17.8. The van der Waals surface area contributed by atoms with Crippen LogP contribution in [0.4, 0.5) is 0 Å². The minimum absolute atomic E-state index is 0.649. The monoisotopic (exact) mass is 342 g/mol. The number of aryl methyl sites for hydroxylation is 2. The fraction of sp³-hybridized carbons (Fsp3) is 0.800. The maximum atomic E-state index is 4.55. The molecule has 1 saturated heterocycles. The summed E-state index contributed by atoms with van der Waals surface area (Å²) in [4.78, 5) is 2.58. The van der Waals surface area contributed by atoms with Gasteiger partial charge in [-0.3, -0.25) is 4.68 Å². The van der Waals surface area contributed by atoms with Crippen LogP contribution in [0.1, 0.15) is 44.5 Å². The van der Waals surface area contributed by atoms with Crippen LogP contribution in [0.2, 0.25) is 0 Å². The molecule has 20 heavy (non-hydrogen) atoms. The molecular formula is C15H27BrN4. The minimum Gasteiger partial charge on any atom is -0.308 e. The Bertz CT molecular complexity index is 422. The summed E-state index contributed by atoms with van der Waals surface area (Å²) in [6.45, 7) is 12.0. The molecule has 1 fully saturated rings. The lowest BCUT2D eigenvalue weighted by Crippen LogP contribution is -2.42. The molecule has 1 N–H and O–H groups in total. The summed E-state index contributed by atoms with van der Waals surface area (Å²) >= 11 is 3.67. The second-order valence-corrected chi connectivity index (χ2v) is 6.45. The van der Waals surface area contributed by atoms with Crippen LogP contribution in [0.25, 0.3) is 0 Å². The standard InChI is InChI=1S/C15H27BrN4/c1-4-8-19-9-6-13(7-10-19)17-11-14-15(16)12(3)18-20(14)5-2/h13,17H,4-11H2,1-3H3. The Balaban J connectivity index is 1.84. The van der Waals surface area contributed by atoms with Gasteiger partial charge < -0.3 is 10.2 Å². The lowest BCUT2D eigenvalue weighted by atomic mass is 10.0. The van der Waals surface area contributed by atoms with Gasteiger partial charge in [-0.1, -0.05) is 6.92 Å². The van der Waals surface area contributed by atoms with Crippen molar-refractivity contribution in [2.24, 2.45) is 0 Å². The molecule has 0 amide bonds. The Morgan fingerprint density at radius 3 is 2.60 bits per heavy atom. The van der Waals surface area contributed by atoms with E-state index in [2.05, 4.69) is 56.7 Å². The van der Waals surface area contributed by atoms with Crippen LogP contribution in [0, 0.1) is 6.92 Å². The second kappa shape index (κ2) is 7.57. The van der Waals surface area contributed by atoms with Crippen LogP contribution in [0.15, 0.2) is 4.47 Å². The van der Waals surface area contributed by atoms with E-state index in [1.807, 2.05) is 0 Å². The molecule has 1 aliphatic heterocycles. The van der Waals surface area contributed by atoms with E-state index in [9.17, 15) is 0 Å². The van der Waals surface area contributed by atoms with E-state index in [1.54, 1.807) is 0 Å². The number of rotatable bonds is 6. The Morgan fingerprint density at radius 2 is 2.00 bits per heavy atom. The lowest BCUT2D eigenvalue weighted by molar-refractivity contribution is 0.197. The van der Waals surface area contributed by atoms with Crippen molar-refractivity contribution in [3.8, 4) is 0 Å². The van der Waals surface area contributed by atoms with Crippen molar-refractivity contribution in [3.63, 3.8) is 0 Å². The highest BCUT2D eigenvalue weighted by Gasteiger charge is 2.19. The van der Waals surface area contributed by atoms with Gasteiger partial charge in [0.15, 0.2) is 0 Å². The molecule has 1 aliphatic rings. The number of halogens is 1. The van der Waals surface area contributed by atoms with E-state index in [1.165, 1.54) is 44.6 Å². The molecular weight excluding hydrogens is 316 g/mol. The summed E-state index contributed by atoms with van der Waals surface area (Å²) in [7, 11) is 0. The zero-order chi connectivity index (χ0) is 14.5. The van der Waals surface area contributed by atoms with Gasteiger partial charge in [-0.25, -0.2) is 0 Å². The molecule has 0 bridgehead atoms. The van der Waals surface area contributed by atoms with Crippen molar-refractivity contribution in [1.82, 2.24) is 20.0 Å². The van der Waals surface area contributed by atoms with Gasteiger partial charge in [0.1, 0.15) is 0 Å². The van der Waals surface area contributed by atoms with Gasteiger partial charge in [-0.05, 0) is 68.7 Å². The van der Waals surface area contributed by atoms with Gasteiger partial charge in [-0.15, -0.1) is 0 Å². The maximum Gasteiger partial charge on any atom is 0.0739 e. The predicted molar refractivity (Wildman–Crippen MR) is 86.9 cm³/mol. The summed E-state index contributed by atoms with van der Waals surface area (Å²) in [5.41, 5.74) is 2.36. The molecule has 1 aromatic heterocycles. The molecule has 0 atom stereocenters. The molecule has 0 aromatic carbocycles. The second-order valence-electron chi connectivity index (χ2n) is 5.66. The minimum atomic E-state index is 0.649. The van der Waals surface area contributed by atoms with Crippen LogP contribution in [-0.2, 0) is 13.1 Å². The Morgan fingerprint density at radius 1 is 1.30 bits per heavy atom. The molecule has 0 radical (unpaired) electrons. The number of nitrogens with zero attached hydrogens (tertiary/aromatic N) is 3. The van der Waals surface area contributed by atoms with Crippen molar-refractivity contribution in [2.75, 3.05) is 19.6 Å². The number of likely N-dealkylation sites (tertiary alicyclic amines) is 1. The molecule has 114 valence electrons. The summed E-state index contributed by atoms with van der Waals surface area (Å²) in [5, 5.41) is 8.26. The van der Waals surface area contributed by atoms with Gasteiger partial charge in [-0.2, -0.15) is 5.10 Å². The fourth-order valence-electron chi connectivity index (χ4n) is 2.96. The summed E-state index contributed by atoms with van der Waals surface area (Å²) in [6.07, 6.45) is 3.79. The summed E-state index contributed by atoms with van der Waals surface area (Å²) in [6, 6.07) is 0.649. The van der Waals surface area contributed by atoms with E-state index in [4.69, 9.17) is 0 Å². The quantitative estimate of drug-likeness (QED) is 0.862. The third kappa shape index (κ3) is 3.83. The first-order chi connectivity index (χ1) is 9.65. The summed E-state index contributed by atoms with van der Waals surface area (Å²) in [5.74, 6) is 0. The number of aromatic nitrogens is 2. The van der Waals surface area contributed by atoms with Crippen LogP contribution in [0.5, 0.6) is 0 Å². The van der Waals surface area contributed by atoms with Crippen molar-refractivity contribution in [1.29, 1.82) is 0 Å². The molecule has 4 nitrogen and oxygen atoms in total. The largest absolute Gasteiger partial charge is 0.308 e. The Hall–Kier alpha value is -0.390. The smallest absolute Gasteiger partial charge is 0.0739 e. The van der Waals surface area contributed by atoms with E-state index < -0.39 is 0 Å². The van der Waals surface area contributed by atoms with Crippen LogP contribution in [0.3, 0.4) is 0 Å². The zero-order valence-corrected chi connectivity index (χ0v) is 14.5. The van der Waals surface area contributed by atoms with Crippen molar-refractivity contribution in [2.45, 2.75) is 59.2 Å². The van der Waals surface area contributed by atoms with Gasteiger partial charge in [0.2, 0.25) is 0 Å². The van der Waals surface area contributed by atoms with E-state index in [-0.39, 0.29) is 0 Å². The van der Waals surface area contributed by atoms with Crippen LogP contribution >= 0.6 is 15.9 Å². The predicted octanol–water partition coefficient (Wildman–Crippen LogP) is 2.94. The van der Waals surface area contributed by atoms with Crippen molar-refractivity contribution < 1.29 is 0 Å². The molecule has 2 rings (SSSR count). The van der Waals surface area contributed by atoms with E-state index in [0.717, 1.165) is 23.3 Å². The first kappa shape index (κ1) is 16.0. The number of piperidine rings is 1. The van der Waals surface area contributed by atoms with Gasteiger partial charge in [0.05, 0.1) is 15.9 Å². The first-order valence-electron chi connectivity index (χ1n) is 7.83. The number of hydrogen-bond acceptors (Lipinski definition) is 3. The highest BCUT2D eigenvalue weighted by Crippen LogP contribution is 2.21. The van der Waals surface area contributed by atoms with Gasteiger partial charge >= 0.3 is 0 Å². The zero-order valence-electron chi connectivity index (χ0n) is 13.0. The van der Waals surface area contributed by atoms with Crippen LogP contribution in [-0.4, -0.2) is 40.4 Å². The lowest BCUT2D eigenvalue weighted by Gasteiger charge is -2.32. The average Bonchev–Trinajstić information content (AvgIpc) is 2.74. The molecule has 0 aliphatic carbocycles. The van der Waals surface area contributed by atoms with Gasteiger partial charge in [0, 0.05) is 19.1 Å². The SMILES string of the molecule is CCCN1CCC(NCc2c(Br)c(C)nn2CC)CC1. The number of hydrogen-bond donors (Lipinski definition) is 1. The molecule has 0 unspecified atom stereocenters. The molecule has 5 heteroatoms. The fourth-order valence-corrected chi connectivity index (χ4v) is 3.38. The molecule has 0 spiro atoms. The average molecular weight is 343 g/mol. The number of nitrogens with one attached hydrogen (secondary N) is 1. The van der Waals surface area contributed by atoms with Crippen molar-refractivity contribution in [3.05, 3.63) is 15.9 Å². The topological polar surface area (TPSA) is 33.1 Å². The Kier molecular flexibility index (Phi) is 6.05. The molecule has 2 heterocycles. The van der Waals surface area contributed by atoms with Crippen molar-refractivity contribution >= 4 is 15.9 Å². The first-order valence-corrected chi connectivity index (χ1v) is 8.62. The Labute approximate surface area is 131 Å².